The Hall–Kier alpha value is -1.75. The molecule has 0 aliphatic rings. The van der Waals surface area contributed by atoms with E-state index in [-0.39, 0.29) is 5.56 Å². The first-order valence-electron chi connectivity index (χ1n) is 8.00. The second kappa shape index (κ2) is 8.77. The van der Waals surface area contributed by atoms with E-state index >= 15 is 0 Å². The first kappa shape index (κ1) is 17.6. The summed E-state index contributed by atoms with van der Waals surface area (Å²) in [5, 5.41) is 0.653. The smallest absolute Gasteiger partial charge is 0.255 e. The fourth-order valence-electron chi connectivity index (χ4n) is 2.40. The van der Waals surface area contributed by atoms with Gasteiger partial charge in [0.15, 0.2) is 5.16 Å². The Morgan fingerprint density at radius 1 is 1.26 bits per heavy atom. The maximum absolute atomic E-state index is 12.3. The molecule has 1 heterocycles. The highest BCUT2D eigenvalue weighted by Crippen LogP contribution is 2.22. The first-order valence-corrected chi connectivity index (χ1v) is 9.22. The zero-order valence-electron chi connectivity index (χ0n) is 14.0. The molecule has 0 saturated heterocycles. The van der Waals surface area contributed by atoms with E-state index in [0.29, 0.717) is 23.7 Å². The van der Waals surface area contributed by atoms with Crippen LogP contribution >= 0.6 is 11.8 Å². The van der Waals surface area contributed by atoms with E-state index in [4.69, 9.17) is 4.74 Å². The molecule has 0 bridgehead atoms. The highest BCUT2D eigenvalue weighted by Gasteiger charge is 2.11. The number of para-hydroxylation sites is 1. The molecular formula is C18H24N2O2S. The molecule has 0 spiro atoms. The highest BCUT2D eigenvalue weighted by atomic mass is 32.2. The van der Waals surface area contributed by atoms with Crippen LogP contribution in [0, 0.1) is 6.92 Å². The minimum absolute atomic E-state index is 0.0670. The van der Waals surface area contributed by atoms with Crippen LogP contribution in [0.15, 0.2) is 34.2 Å². The molecule has 0 atom stereocenters. The van der Waals surface area contributed by atoms with Crippen LogP contribution in [0.1, 0.15) is 43.0 Å². The largest absolute Gasteiger partial charge is 0.493 e. The van der Waals surface area contributed by atoms with Crippen molar-refractivity contribution in [1.82, 2.24) is 9.97 Å². The van der Waals surface area contributed by atoms with Crippen molar-refractivity contribution in [3.63, 3.8) is 0 Å². The van der Waals surface area contributed by atoms with Gasteiger partial charge in [0.1, 0.15) is 5.75 Å². The molecule has 0 fully saturated rings. The molecule has 1 aromatic carbocycles. The Kier molecular flexibility index (Phi) is 6.71. The third kappa shape index (κ3) is 4.86. The van der Waals surface area contributed by atoms with Crippen molar-refractivity contribution < 1.29 is 4.74 Å². The summed E-state index contributed by atoms with van der Waals surface area (Å²) in [6.45, 7) is 4.77. The van der Waals surface area contributed by atoms with E-state index in [1.807, 2.05) is 37.4 Å². The predicted molar refractivity (Wildman–Crippen MR) is 95.6 cm³/mol. The summed E-state index contributed by atoms with van der Waals surface area (Å²) >= 11 is 1.44. The highest BCUT2D eigenvalue weighted by molar-refractivity contribution is 7.98. The number of hydrogen-bond acceptors (Lipinski definition) is 4. The lowest BCUT2D eigenvalue weighted by molar-refractivity contribution is 0.303. The maximum atomic E-state index is 12.3. The van der Waals surface area contributed by atoms with Crippen LogP contribution in [-0.4, -0.2) is 22.8 Å². The topological polar surface area (TPSA) is 55.0 Å². The molecular weight excluding hydrogens is 308 g/mol. The molecule has 23 heavy (non-hydrogen) atoms. The lowest BCUT2D eigenvalue weighted by atomic mass is 10.0. The van der Waals surface area contributed by atoms with Crippen molar-refractivity contribution in [2.24, 2.45) is 0 Å². The van der Waals surface area contributed by atoms with Crippen molar-refractivity contribution in [2.45, 2.75) is 44.7 Å². The second-order valence-electron chi connectivity index (χ2n) is 5.48. The summed E-state index contributed by atoms with van der Waals surface area (Å²) in [6.07, 6.45) is 5.83. The minimum Gasteiger partial charge on any atom is -0.493 e. The van der Waals surface area contributed by atoms with Crippen LogP contribution in [0.4, 0.5) is 0 Å². The van der Waals surface area contributed by atoms with Crippen molar-refractivity contribution in [3.05, 3.63) is 51.4 Å². The van der Waals surface area contributed by atoms with E-state index in [9.17, 15) is 4.79 Å². The maximum Gasteiger partial charge on any atom is 0.255 e. The van der Waals surface area contributed by atoms with Gasteiger partial charge in [-0.05, 0) is 31.2 Å². The van der Waals surface area contributed by atoms with E-state index in [2.05, 4.69) is 16.9 Å². The number of H-pyrrole nitrogens is 1. The predicted octanol–water partition coefficient (Wildman–Crippen LogP) is 3.96. The Bertz CT molecular complexity index is 698. The van der Waals surface area contributed by atoms with Gasteiger partial charge in [0.2, 0.25) is 0 Å². The molecule has 2 rings (SSSR count). The van der Waals surface area contributed by atoms with Gasteiger partial charge >= 0.3 is 0 Å². The summed E-state index contributed by atoms with van der Waals surface area (Å²) in [5.41, 5.74) is 2.44. The lowest BCUT2D eigenvalue weighted by Gasteiger charge is -2.12. The van der Waals surface area contributed by atoms with Gasteiger partial charge in [-0.15, -0.1) is 0 Å². The van der Waals surface area contributed by atoms with E-state index in [1.165, 1.54) is 24.6 Å². The van der Waals surface area contributed by atoms with Crippen LogP contribution in [0.5, 0.6) is 5.75 Å². The summed E-state index contributed by atoms with van der Waals surface area (Å²) < 4.78 is 5.90. The zero-order valence-corrected chi connectivity index (χ0v) is 14.8. The average Bonchev–Trinajstić information content (AvgIpc) is 2.55. The molecule has 0 aliphatic carbocycles. The number of nitrogens with zero attached hydrogens (tertiary/aromatic N) is 1. The van der Waals surface area contributed by atoms with Crippen LogP contribution in [0.2, 0.25) is 0 Å². The Morgan fingerprint density at radius 3 is 2.74 bits per heavy atom. The van der Waals surface area contributed by atoms with Gasteiger partial charge in [-0.25, -0.2) is 4.98 Å². The number of nitrogens with one attached hydrogen (secondary N) is 1. The van der Waals surface area contributed by atoms with Gasteiger partial charge in [0.05, 0.1) is 6.61 Å². The summed E-state index contributed by atoms with van der Waals surface area (Å²) in [4.78, 5) is 19.5. The van der Waals surface area contributed by atoms with Crippen molar-refractivity contribution in [2.75, 3.05) is 12.9 Å². The van der Waals surface area contributed by atoms with Crippen molar-refractivity contribution in [3.8, 4) is 5.75 Å². The van der Waals surface area contributed by atoms with Crippen LogP contribution < -0.4 is 10.3 Å². The molecule has 1 N–H and O–H groups in total. The Labute approximate surface area is 141 Å². The van der Waals surface area contributed by atoms with Crippen LogP contribution in [0.3, 0.4) is 0 Å². The minimum atomic E-state index is -0.0670. The van der Waals surface area contributed by atoms with E-state index in [1.54, 1.807) is 0 Å². The number of aryl methyl sites for hydroxylation is 1. The number of aromatic nitrogens is 2. The standard InChI is InChI=1S/C18H24N2O2S/c1-4-5-8-11-22-16-10-7-6-9-14(16)12-15-13(2)19-18(23-3)20-17(15)21/h6-7,9-10H,4-5,8,11-12H2,1-3H3,(H,19,20,21). The van der Waals surface area contributed by atoms with E-state index in [0.717, 1.165) is 23.4 Å². The molecule has 124 valence electrons. The van der Waals surface area contributed by atoms with Gasteiger partial charge in [0, 0.05) is 17.7 Å². The van der Waals surface area contributed by atoms with Crippen molar-refractivity contribution >= 4 is 11.8 Å². The Balaban J connectivity index is 2.19. The SMILES string of the molecule is CCCCCOc1ccccc1Cc1c(C)nc(SC)[nH]c1=O. The van der Waals surface area contributed by atoms with Gasteiger partial charge < -0.3 is 9.72 Å². The number of ether oxygens (including phenoxy) is 1. The molecule has 0 aliphatic heterocycles. The summed E-state index contributed by atoms with van der Waals surface area (Å²) in [5.74, 6) is 0.858. The molecule has 5 heteroatoms. The molecule has 4 nitrogen and oxygen atoms in total. The fraction of sp³-hybridized carbons (Fsp3) is 0.444. The second-order valence-corrected chi connectivity index (χ2v) is 6.27. The van der Waals surface area contributed by atoms with Gasteiger partial charge in [-0.2, -0.15) is 0 Å². The third-order valence-electron chi connectivity index (χ3n) is 3.74. The van der Waals surface area contributed by atoms with Crippen LogP contribution in [0.25, 0.3) is 0 Å². The number of hydrogen-bond donors (Lipinski definition) is 1. The number of thioether (sulfide) groups is 1. The molecule has 0 unspecified atom stereocenters. The van der Waals surface area contributed by atoms with Gasteiger partial charge in [-0.3, -0.25) is 4.79 Å². The normalized spacial score (nSPS) is 10.7. The molecule has 0 amide bonds. The fourth-order valence-corrected chi connectivity index (χ4v) is 2.83. The average molecular weight is 332 g/mol. The molecule has 0 saturated carbocycles. The van der Waals surface area contributed by atoms with Crippen LogP contribution in [-0.2, 0) is 6.42 Å². The molecule has 0 radical (unpaired) electrons. The number of aromatic amines is 1. The third-order valence-corrected chi connectivity index (χ3v) is 4.32. The van der Waals surface area contributed by atoms with Gasteiger partial charge in [0.25, 0.3) is 5.56 Å². The number of rotatable bonds is 8. The van der Waals surface area contributed by atoms with Crippen molar-refractivity contribution in [1.29, 1.82) is 0 Å². The first-order chi connectivity index (χ1) is 11.2. The monoisotopic (exact) mass is 332 g/mol. The molecule has 1 aromatic heterocycles. The lowest BCUT2D eigenvalue weighted by Crippen LogP contribution is -2.18. The number of benzene rings is 1. The quantitative estimate of drug-likeness (QED) is 0.452. The zero-order chi connectivity index (χ0) is 16.7. The number of unbranched alkanes of at least 4 members (excludes halogenated alkanes) is 2. The molecule has 2 aromatic rings. The Morgan fingerprint density at radius 2 is 2.04 bits per heavy atom. The van der Waals surface area contributed by atoms with E-state index < -0.39 is 0 Å². The summed E-state index contributed by atoms with van der Waals surface area (Å²) in [6, 6.07) is 7.91. The summed E-state index contributed by atoms with van der Waals surface area (Å²) in [7, 11) is 0. The van der Waals surface area contributed by atoms with Gasteiger partial charge in [-0.1, -0.05) is 49.7 Å².